The molecule has 4 N–H and O–H groups in total. The second-order valence-corrected chi connectivity index (χ2v) is 8.44. The summed E-state index contributed by atoms with van der Waals surface area (Å²) in [5.74, 6) is 0.683. The van der Waals surface area contributed by atoms with Gasteiger partial charge in [0.15, 0.2) is 5.96 Å². The molecule has 0 fully saturated rings. The van der Waals surface area contributed by atoms with Crippen LogP contribution in [0.5, 0.6) is 0 Å². The SMILES string of the molecule is CC(C)c1cccc(NC(N)=NCCNS(=O)(=O)c2cccs2)c1.I. The summed E-state index contributed by atoms with van der Waals surface area (Å²) in [6.45, 7) is 4.69. The Morgan fingerprint density at radius 2 is 2.04 bits per heavy atom. The molecule has 2 rings (SSSR count). The first-order valence-electron chi connectivity index (χ1n) is 7.58. The maximum Gasteiger partial charge on any atom is 0.250 e. The van der Waals surface area contributed by atoms with Gasteiger partial charge in [0, 0.05) is 12.2 Å². The minimum atomic E-state index is -3.45. The third-order valence-corrected chi connectivity index (χ3v) is 6.13. The minimum absolute atomic E-state index is 0. The number of halogens is 1. The van der Waals surface area contributed by atoms with Crippen LogP contribution in [0.15, 0.2) is 51.0 Å². The number of guanidine groups is 1. The van der Waals surface area contributed by atoms with Crippen LogP contribution in [-0.2, 0) is 10.0 Å². The summed E-state index contributed by atoms with van der Waals surface area (Å²) in [7, 11) is -3.45. The van der Waals surface area contributed by atoms with Gasteiger partial charge in [0.25, 0.3) is 0 Å². The highest BCUT2D eigenvalue weighted by Crippen LogP contribution is 2.18. The number of nitrogens with zero attached hydrogens (tertiary/aromatic N) is 1. The fraction of sp³-hybridized carbons (Fsp3) is 0.312. The van der Waals surface area contributed by atoms with Crippen LogP contribution in [-0.4, -0.2) is 27.5 Å². The molecule has 0 radical (unpaired) electrons. The lowest BCUT2D eigenvalue weighted by Gasteiger charge is -2.10. The quantitative estimate of drug-likeness (QED) is 0.239. The van der Waals surface area contributed by atoms with Crippen molar-refractivity contribution < 1.29 is 8.42 Å². The first-order chi connectivity index (χ1) is 11.4. The number of rotatable bonds is 7. The van der Waals surface area contributed by atoms with Crippen LogP contribution in [0.3, 0.4) is 0 Å². The van der Waals surface area contributed by atoms with E-state index in [2.05, 4.69) is 34.9 Å². The number of hydrogen-bond donors (Lipinski definition) is 3. The summed E-state index contributed by atoms with van der Waals surface area (Å²) in [6.07, 6.45) is 0. The van der Waals surface area contributed by atoms with Crippen molar-refractivity contribution >= 4 is 57.0 Å². The summed E-state index contributed by atoms with van der Waals surface area (Å²) in [4.78, 5) is 4.14. The fourth-order valence-corrected chi connectivity index (χ4v) is 4.07. The first kappa shape index (κ1) is 21.9. The third kappa shape index (κ3) is 6.92. The molecule has 0 aliphatic rings. The molecule has 1 aromatic heterocycles. The molecule has 0 bridgehead atoms. The number of nitrogens with one attached hydrogen (secondary N) is 2. The van der Waals surface area contributed by atoms with Gasteiger partial charge in [0.05, 0.1) is 6.54 Å². The number of hydrogen-bond acceptors (Lipinski definition) is 4. The Labute approximate surface area is 170 Å². The van der Waals surface area contributed by atoms with Crippen LogP contribution >= 0.6 is 35.3 Å². The van der Waals surface area contributed by atoms with E-state index in [0.717, 1.165) is 5.69 Å². The standard InChI is InChI=1S/C16H22N4O2S2.HI/c1-12(2)13-5-3-6-14(11-13)20-16(17)18-8-9-19-24(21,22)15-7-4-10-23-15;/h3-7,10-12,19H,8-9H2,1-2H3,(H3,17,18,20);1H. The topological polar surface area (TPSA) is 96.6 Å². The van der Waals surface area contributed by atoms with Gasteiger partial charge in [0.2, 0.25) is 10.0 Å². The van der Waals surface area contributed by atoms with Crippen molar-refractivity contribution in [1.29, 1.82) is 0 Å². The molecular weight excluding hydrogens is 471 g/mol. The minimum Gasteiger partial charge on any atom is -0.370 e. The second-order valence-electron chi connectivity index (χ2n) is 5.50. The van der Waals surface area contributed by atoms with Gasteiger partial charge in [-0.05, 0) is 35.1 Å². The molecule has 0 spiro atoms. The smallest absolute Gasteiger partial charge is 0.250 e. The molecule has 0 saturated carbocycles. The summed E-state index contributed by atoms with van der Waals surface area (Å²) < 4.78 is 26.7. The molecule has 138 valence electrons. The first-order valence-corrected chi connectivity index (χ1v) is 9.95. The molecule has 0 amide bonds. The van der Waals surface area contributed by atoms with Crippen molar-refractivity contribution in [2.24, 2.45) is 10.7 Å². The van der Waals surface area contributed by atoms with Gasteiger partial charge in [-0.25, -0.2) is 13.1 Å². The van der Waals surface area contributed by atoms with Gasteiger partial charge in [-0.2, -0.15) is 0 Å². The van der Waals surface area contributed by atoms with Crippen molar-refractivity contribution in [2.45, 2.75) is 24.0 Å². The number of aliphatic imine (C=N–C) groups is 1. The van der Waals surface area contributed by atoms with Gasteiger partial charge in [0.1, 0.15) is 4.21 Å². The average Bonchev–Trinajstić information content (AvgIpc) is 3.07. The molecular formula is C16H23IN4O2S2. The van der Waals surface area contributed by atoms with Crippen LogP contribution < -0.4 is 15.8 Å². The van der Waals surface area contributed by atoms with E-state index in [-0.39, 0.29) is 43.0 Å². The fourth-order valence-electron chi connectivity index (χ4n) is 2.01. The van der Waals surface area contributed by atoms with Crippen LogP contribution in [0.1, 0.15) is 25.3 Å². The van der Waals surface area contributed by atoms with E-state index in [1.54, 1.807) is 17.5 Å². The molecule has 9 heteroatoms. The second kappa shape index (κ2) is 10.1. The van der Waals surface area contributed by atoms with E-state index in [4.69, 9.17) is 5.73 Å². The Kier molecular flexibility index (Phi) is 8.83. The van der Waals surface area contributed by atoms with Gasteiger partial charge < -0.3 is 11.1 Å². The number of benzene rings is 1. The van der Waals surface area contributed by atoms with E-state index >= 15 is 0 Å². The predicted molar refractivity (Wildman–Crippen MR) is 116 cm³/mol. The number of anilines is 1. The zero-order valence-electron chi connectivity index (χ0n) is 14.1. The highest BCUT2D eigenvalue weighted by atomic mass is 127. The molecule has 1 aromatic carbocycles. The molecule has 0 atom stereocenters. The largest absolute Gasteiger partial charge is 0.370 e. The van der Waals surface area contributed by atoms with Crippen molar-refractivity contribution in [1.82, 2.24) is 4.72 Å². The zero-order valence-corrected chi connectivity index (χ0v) is 18.1. The maximum absolute atomic E-state index is 11.9. The van der Waals surface area contributed by atoms with Crippen molar-refractivity contribution in [3.8, 4) is 0 Å². The van der Waals surface area contributed by atoms with Crippen LogP contribution in [0.2, 0.25) is 0 Å². The van der Waals surface area contributed by atoms with Crippen molar-refractivity contribution in [3.63, 3.8) is 0 Å². The highest BCUT2D eigenvalue weighted by molar-refractivity contribution is 14.0. The summed E-state index contributed by atoms with van der Waals surface area (Å²) in [5, 5.41) is 4.74. The lowest BCUT2D eigenvalue weighted by Crippen LogP contribution is -2.28. The summed E-state index contributed by atoms with van der Waals surface area (Å²) >= 11 is 1.18. The van der Waals surface area contributed by atoms with Crippen molar-refractivity contribution in [3.05, 3.63) is 47.3 Å². The van der Waals surface area contributed by atoms with E-state index in [1.165, 1.54) is 16.9 Å². The lowest BCUT2D eigenvalue weighted by molar-refractivity contribution is 0.584. The van der Waals surface area contributed by atoms with Crippen LogP contribution in [0.25, 0.3) is 0 Å². The van der Waals surface area contributed by atoms with Gasteiger partial charge in [-0.3, -0.25) is 4.99 Å². The summed E-state index contributed by atoms with van der Waals surface area (Å²) in [5.41, 5.74) is 7.91. The van der Waals surface area contributed by atoms with E-state index in [1.807, 2.05) is 18.2 Å². The van der Waals surface area contributed by atoms with Gasteiger partial charge in [-0.1, -0.05) is 32.0 Å². The Bertz CT molecular complexity index is 790. The predicted octanol–water partition coefficient (Wildman–Crippen LogP) is 3.19. The van der Waals surface area contributed by atoms with E-state index in [9.17, 15) is 8.42 Å². The molecule has 0 aliphatic heterocycles. The third-order valence-electron chi connectivity index (χ3n) is 3.27. The Morgan fingerprint density at radius 1 is 1.28 bits per heavy atom. The monoisotopic (exact) mass is 494 g/mol. The van der Waals surface area contributed by atoms with Crippen LogP contribution in [0.4, 0.5) is 5.69 Å². The molecule has 2 aromatic rings. The molecule has 0 unspecified atom stereocenters. The van der Waals surface area contributed by atoms with Crippen LogP contribution in [0, 0.1) is 0 Å². The summed E-state index contributed by atoms with van der Waals surface area (Å²) in [6, 6.07) is 11.2. The Hall–Kier alpha value is -1.17. The normalized spacial score (nSPS) is 12.0. The molecule has 6 nitrogen and oxygen atoms in total. The maximum atomic E-state index is 11.9. The average molecular weight is 494 g/mol. The zero-order chi connectivity index (χ0) is 17.6. The van der Waals surface area contributed by atoms with E-state index < -0.39 is 10.0 Å². The Morgan fingerprint density at radius 3 is 2.68 bits per heavy atom. The van der Waals surface area contributed by atoms with Gasteiger partial charge in [-0.15, -0.1) is 35.3 Å². The van der Waals surface area contributed by atoms with E-state index in [0.29, 0.717) is 10.1 Å². The number of sulfonamides is 1. The molecule has 25 heavy (non-hydrogen) atoms. The highest BCUT2D eigenvalue weighted by Gasteiger charge is 2.13. The Balaban J connectivity index is 0.00000312. The molecule has 1 heterocycles. The number of nitrogens with two attached hydrogens (primary N) is 1. The lowest BCUT2D eigenvalue weighted by atomic mass is 10.0. The van der Waals surface area contributed by atoms with Gasteiger partial charge >= 0.3 is 0 Å². The van der Waals surface area contributed by atoms with Crippen molar-refractivity contribution in [2.75, 3.05) is 18.4 Å². The molecule has 0 saturated heterocycles. The number of thiophene rings is 1. The molecule has 0 aliphatic carbocycles.